The summed E-state index contributed by atoms with van der Waals surface area (Å²) in [6, 6.07) is 5.49. The topological polar surface area (TPSA) is 35.2 Å². The first-order valence-corrected chi connectivity index (χ1v) is 5.70. The minimum Gasteiger partial charge on any atom is -0.398 e. The maximum Gasteiger partial charge on any atom is 0.0637 e. The molecule has 78 valence electrons. The lowest BCUT2D eigenvalue weighted by atomic mass is 10.3. The van der Waals surface area contributed by atoms with Crippen molar-refractivity contribution in [2.75, 3.05) is 18.6 Å². The fourth-order valence-corrected chi connectivity index (χ4v) is 2.14. The van der Waals surface area contributed by atoms with E-state index in [9.17, 15) is 0 Å². The van der Waals surface area contributed by atoms with Crippen molar-refractivity contribution in [3.63, 3.8) is 0 Å². The number of hydrogen-bond donors (Lipinski definition) is 1. The summed E-state index contributed by atoms with van der Waals surface area (Å²) < 4.78 is 5.15. The van der Waals surface area contributed by atoms with Gasteiger partial charge < -0.3 is 10.5 Å². The Labute approximate surface area is 93.8 Å². The molecule has 0 amide bonds. The number of anilines is 1. The summed E-state index contributed by atoms with van der Waals surface area (Å²) in [4.78, 5) is 1.02. The molecule has 0 spiro atoms. The van der Waals surface area contributed by atoms with Gasteiger partial charge in [-0.05, 0) is 25.1 Å². The highest BCUT2D eigenvalue weighted by Gasteiger charge is 2.04. The summed E-state index contributed by atoms with van der Waals surface area (Å²) in [5, 5.41) is 0.715. The number of halogens is 1. The van der Waals surface area contributed by atoms with Crippen LogP contribution in [0, 0.1) is 0 Å². The molecule has 0 aromatic heterocycles. The molecule has 0 saturated carbocycles. The average Bonchev–Trinajstić information content (AvgIpc) is 2.19. The predicted octanol–water partition coefficient (Wildman–Crippen LogP) is 3.05. The Morgan fingerprint density at radius 3 is 2.93 bits per heavy atom. The Hall–Kier alpha value is -0.380. The molecule has 0 fully saturated rings. The molecule has 0 radical (unpaired) electrons. The summed E-state index contributed by atoms with van der Waals surface area (Å²) in [7, 11) is 1.70. The quantitative estimate of drug-likeness (QED) is 0.639. The van der Waals surface area contributed by atoms with Crippen LogP contribution < -0.4 is 5.73 Å². The van der Waals surface area contributed by atoms with Crippen molar-refractivity contribution in [3.05, 3.63) is 23.2 Å². The molecule has 1 unspecified atom stereocenters. The van der Waals surface area contributed by atoms with Crippen molar-refractivity contribution in [3.8, 4) is 0 Å². The van der Waals surface area contributed by atoms with E-state index in [2.05, 4.69) is 0 Å². The van der Waals surface area contributed by atoms with Gasteiger partial charge in [0.25, 0.3) is 0 Å². The molecule has 1 rings (SSSR count). The Morgan fingerprint density at radius 2 is 2.29 bits per heavy atom. The van der Waals surface area contributed by atoms with Crippen LogP contribution in [0.1, 0.15) is 6.92 Å². The van der Waals surface area contributed by atoms with Crippen molar-refractivity contribution in [2.24, 2.45) is 0 Å². The second kappa shape index (κ2) is 5.49. The van der Waals surface area contributed by atoms with Crippen molar-refractivity contribution in [2.45, 2.75) is 17.9 Å². The van der Waals surface area contributed by atoms with Crippen LogP contribution in [0.25, 0.3) is 0 Å². The van der Waals surface area contributed by atoms with Crippen LogP contribution in [-0.2, 0) is 4.74 Å². The predicted molar refractivity (Wildman–Crippen MR) is 63.1 cm³/mol. The van der Waals surface area contributed by atoms with Crippen LogP contribution in [0.15, 0.2) is 23.1 Å². The van der Waals surface area contributed by atoms with E-state index < -0.39 is 0 Å². The van der Waals surface area contributed by atoms with Gasteiger partial charge in [-0.2, -0.15) is 0 Å². The lowest BCUT2D eigenvalue weighted by molar-refractivity contribution is 0.138. The number of nitrogen functional groups attached to an aromatic ring is 1. The van der Waals surface area contributed by atoms with E-state index in [-0.39, 0.29) is 6.10 Å². The second-order valence-corrected chi connectivity index (χ2v) is 4.54. The minimum absolute atomic E-state index is 0.221. The number of methoxy groups -OCH3 is 1. The lowest BCUT2D eigenvalue weighted by Crippen LogP contribution is -2.07. The molecular formula is C10H14ClNOS. The lowest BCUT2D eigenvalue weighted by Gasteiger charge is -2.10. The van der Waals surface area contributed by atoms with E-state index in [1.54, 1.807) is 24.9 Å². The van der Waals surface area contributed by atoms with E-state index in [4.69, 9.17) is 22.1 Å². The van der Waals surface area contributed by atoms with Crippen LogP contribution in [0.4, 0.5) is 5.69 Å². The van der Waals surface area contributed by atoms with Crippen LogP contribution in [-0.4, -0.2) is 19.0 Å². The van der Waals surface area contributed by atoms with Gasteiger partial charge in [0.1, 0.15) is 0 Å². The molecule has 2 N–H and O–H groups in total. The van der Waals surface area contributed by atoms with E-state index >= 15 is 0 Å². The standard InChI is InChI=1S/C10H14ClNOS/c1-7(13-2)6-14-10-5-8(11)3-4-9(10)12/h3-5,7H,6,12H2,1-2H3. The molecule has 4 heteroatoms. The summed E-state index contributed by atoms with van der Waals surface area (Å²) in [5.41, 5.74) is 6.56. The third-order valence-electron chi connectivity index (χ3n) is 1.85. The van der Waals surface area contributed by atoms with E-state index in [0.29, 0.717) is 5.02 Å². The van der Waals surface area contributed by atoms with Gasteiger partial charge >= 0.3 is 0 Å². The fourth-order valence-electron chi connectivity index (χ4n) is 0.908. The van der Waals surface area contributed by atoms with E-state index in [1.165, 1.54) is 0 Å². The van der Waals surface area contributed by atoms with Crippen LogP contribution >= 0.6 is 23.4 Å². The third-order valence-corrected chi connectivity index (χ3v) is 3.39. The highest BCUT2D eigenvalue weighted by atomic mass is 35.5. The van der Waals surface area contributed by atoms with Gasteiger partial charge in [0.2, 0.25) is 0 Å². The van der Waals surface area contributed by atoms with Crippen molar-refractivity contribution >= 4 is 29.1 Å². The van der Waals surface area contributed by atoms with Crippen LogP contribution in [0.5, 0.6) is 0 Å². The molecule has 1 aromatic carbocycles. The molecule has 0 aliphatic heterocycles. The number of thioether (sulfide) groups is 1. The van der Waals surface area contributed by atoms with Gasteiger partial charge in [-0.25, -0.2) is 0 Å². The fraction of sp³-hybridized carbons (Fsp3) is 0.400. The molecule has 0 aliphatic carbocycles. The minimum atomic E-state index is 0.221. The maximum absolute atomic E-state index is 5.87. The molecular weight excluding hydrogens is 218 g/mol. The number of ether oxygens (including phenoxy) is 1. The Bertz CT molecular complexity index is 306. The van der Waals surface area contributed by atoms with E-state index in [1.807, 2.05) is 19.1 Å². The number of nitrogens with two attached hydrogens (primary N) is 1. The molecule has 0 saturated heterocycles. The van der Waals surface area contributed by atoms with Gasteiger partial charge in [-0.15, -0.1) is 11.8 Å². The Balaban J connectivity index is 2.62. The Kier molecular flexibility index (Phi) is 4.58. The summed E-state index contributed by atoms with van der Waals surface area (Å²) >= 11 is 7.53. The third kappa shape index (κ3) is 3.40. The first kappa shape index (κ1) is 11.7. The summed E-state index contributed by atoms with van der Waals surface area (Å²) in [6.07, 6.45) is 0.221. The number of hydrogen-bond acceptors (Lipinski definition) is 3. The van der Waals surface area contributed by atoms with E-state index in [0.717, 1.165) is 16.3 Å². The zero-order valence-electron chi connectivity index (χ0n) is 8.29. The zero-order chi connectivity index (χ0) is 10.6. The monoisotopic (exact) mass is 231 g/mol. The largest absolute Gasteiger partial charge is 0.398 e. The normalized spacial score (nSPS) is 12.8. The number of benzene rings is 1. The van der Waals surface area contributed by atoms with Gasteiger partial charge in [0.15, 0.2) is 0 Å². The molecule has 0 aliphatic rings. The summed E-state index contributed by atoms with van der Waals surface area (Å²) in [5.74, 6) is 0.876. The van der Waals surface area contributed by atoms with Crippen LogP contribution in [0.3, 0.4) is 0 Å². The zero-order valence-corrected chi connectivity index (χ0v) is 9.86. The first-order valence-electron chi connectivity index (χ1n) is 4.34. The van der Waals surface area contributed by atoms with Crippen molar-refractivity contribution < 1.29 is 4.74 Å². The SMILES string of the molecule is COC(C)CSc1cc(Cl)ccc1N. The average molecular weight is 232 g/mol. The first-order chi connectivity index (χ1) is 6.63. The van der Waals surface area contributed by atoms with Crippen molar-refractivity contribution in [1.29, 1.82) is 0 Å². The van der Waals surface area contributed by atoms with Gasteiger partial charge in [-0.3, -0.25) is 0 Å². The Morgan fingerprint density at radius 1 is 1.57 bits per heavy atom. The van der Waals surface area contributed by atoms with Gasteiger partial charge in [0, 0.05) is 28.5 Å². The smallest absolute Gasteiger partial charge is 0.0637 e. The van der Waals surface area contributed by atoms with Gasteiger partial charge in [0.05, 0.1) is 6.10 Å². The van der Waals surface area contributed by atoms with Crippen molar-refractivity contribution in [1.82, 2.24) is 0 Å². The molecule has 14 heavy (non-hydrogen) atoms. The second-order valence-electron chi connectivity index (χ2n) is 3.04. The molecule has 1 atom stereocenters. The highest BCUT2D eigenvalue weighted by Crippen LogP contribution is 2.28. The molecule has 0 heterocycles. The highest BCUT2D eigenvalue weighted by molar-refractivity contribution is 7.99. The molecule has 2 nitrogen and oxygen atoms in total. The molecule has 1 aromatic rings. The number of rotatable bonds is 4. The molecule has 0 bridgehead atoms. The van der Waals surface area contributed by atoms with Gasteiger partial charge in [-0.1, -0.05) is 11.6 Å². The summed E-state index contributed by atoms with van der Waals surface area (Å²) in [6.45, 7) is 2.02. The maximum atomic E-state index is 5.87. The van der Waals surface area contributed by atoms with Crippen LogP contribution in [0.2, 0.25) is 5.02 Å².